The van der Waals surface area contributed by atoms with Crippen molar-refractivity contribution in [2.24, 2.45) is 5.41 Å². The van der Waals surface area contributed by atoms with Crippen molar-refractivity contribution in [3.05, 3.63) is 0 Å². The highest BCUT2D eigenvalue weighted by Gasteiger charge is 2.47. The molecule has 3 rings (SSSR count). The molecule has 20 heavy (non-hydrogen) atoms. The molecule has 116 valence electrons. The number of nitrogens with one attached hydrogen (secondary N) is 1. The van der Waals surface area contributed by atoms with Gasteiger partial charge in [0.2, 0.25) is 0 Å². The Morgan fingerprint density at radius 1 is 1.20 bits per heavy atom. The summed E-state index contributed by atoms with van der Waals surface area (Å²) in [6, 6.07) is 2.99. The van der Waals surface area contributed by atoms with E-state index in [1.54, 1.807) is 0 Å². The molecule has 0 radical (unpaired) electrons. The third kappa shape index (κ3) is 2.53. The maximum Gasteiger partial charge on any atom is 0.0274 e. The van der Waals surface area contributed by atoms with Crippen molar-refractivity contribution in [2.45, 2.75) is 77.5 Å². The van der Waals surface area contributed by atoms with Crippen LogP contribution in [0.5, 0.6) is 0 Å². The van der Waals surface area contributed by atoms with Gasteiger partial charge in [0.1, 0.15) is 0 Å². The summed E-state index contributed by atoms with van der Waals surface area (Å²) in [6.45, 7) is 14.7. The van der Waals surface area contributed by atoms with Crippen LogP contribution in [0.15, 0.2) is 0 Å². The molecule has 1 N–H and O–H groups in total. The van der Waals surface area contributed by atoms with Gasteiger partial charge < -0.3 is 5.32 Å². The average Bonchev–Trinajstić information content (AvgIpc) is 2.94. The first-order chi connectivity index (χ1) is 9.53. The van der Waals surface area contributed by atoms with E-state index in [2.05, 4.69) is 42.8 Å². The first-order valence-electron chi connectivity index (χ1n) is 8.76. The molecule has 0 spiro atoms. The molecule has 0 amide bonds. The van der Waals surface area contributed by atoms with Crippen molar-refractivity contribution in [2.75, 3.05) is 26.2 Å². The maximum atomic E-state index is 3.81. The second-order valence-electron chi connectivity index (χ2n) is 7.97. The summed E-state index contributed by atoms with van der Waals surface area (Å²) in [5.41, 5.74) is 0.452. The number of piperazine rings is 1. The Labute approximate surface area is 125 Å². The van der Waals surface area contributed by atoms with Crippen LogP contribution >= 0.6 is 0 Å². The van der Waals surface area contributed by atoms with E-state index in [9.17, 15) is 0 Å². The first-order valence-corrected chi connectivity index (χ1v) is 8.76. The van der Waals surface area contributed by atoms with Gasteiger partial charge in [-0.15, -0.1) is 0 Å². The molecule has 1 aliphatic carbocycles. The van der Waals surface area contributed by atoms with Crippen LogP contribution in [0.25, 0.3) is 0 Å². The van der Waals surface area contributed by atoms with Crippen LogP contribution in [0.2, 0.25) is 0 Å². The molecule has 0 aromatic rings. The van der Waals surface area contributed by atoms with E-state index in [-0.39, 0.29) is 0 Å². The summed E-state index contributed by atoms with van der Waals surface area (Å²) in [5, 5.41) is 3.81. The summed E-state index contributed by atoms with van der Waals surface area (Å²) >= 11 is 0. The molecule has 2 heterocycles. The van der Waals surface area contributed by atoms with E-state index in [1.807, 2.05) is 0 Å². The summed E-state index contributed by atoms with van der Waals surface area (Å²) in [5.74, 6) is 0. The van der Waals surface area contributed by atoms with Crippen LogP contribution in [-0.2, 0) is 0 Å². The molecule has 4 atom stereocenters. The first kappa shape index (κ1) is 14.8. The Hall–Kier alpha value is -0.120. The minimum atomic E-state index is 0.452. The summed E-state index contributed by atoms with van der Waals surface area (Å²) in [6.07, 6.45) is 5.58. The van der Waals surface area contributed by atoms with Crippen molar-refractivity contribution in [3.63, 3.8) is 0 Å². The molecule has 2 aliphatic heterocycles. The molecule has 0 bridgehead atoms. The predicted octanol–water partition coefficient (Wildman–Crippen LogP) is 2.32. The third-order valence-corrected chi connectivity index (χ3v) is 6.15. The number of likely N-dealkylation sites (N-methyl/N-ethyl adjacent to an activating group) is 1. The van der Waals surface area contributed by atoms with Crippen LogP contribution in [0.1, 0.15) is 53.4 Å². The van der Waals surface area contributed by atoms with Gasteiger partial charge in [-0.05, 0) is 51.1 Å². The Morgan fingerprint density at radius 3 is 2.75 bits per heavy atom. The van der Waals surface area contributed by atoms with Crippen LogP contribution in [0.4, 0.5) is 0 Å². The fourth-order valence-electron chi connectivity index (χ4n) is 5.02. The van der Waals surface area contributed by atoms with E-state index < -0.39 is 0 Å². The standard InChI is InChI=1S/C17H33N3/c1-5-18-16-15(8-9-17(16,3)4)20-12-14-7-6-10-19(14)11-13(20)2/h13-16,18H,5-12H2,1-4H3. The van der Waals surface area contributed by atoms with E-state index >= 15 is 0 Å². The van der Waals surface area contributed by atoms with Gasteiger partial charge in [-0.1, -0.05) is 20.8 Å². The number of hydrogen-bond donors (Lipinski definition) is 1. The lowest BCUT2D eigenvalue weighted by Crippen LogP contribution is -2.62. The van der Waals surface area contributed by atoms with Gasteiger partial charge in [0.15, 0.2) is 0 Å². The second-order valence-corrected chi connectivity index (χ2v) is 7.97. The lowest BCUT2D eigenvalue weighted by molar-refractivity contribution is 0.0157. The Kier molecular flexibility index (Phi) is 4.13. The van der Waals surface area contributed by atoms with Crippen molar-refractivity contribution in [1.29, 1.82) is 0 Å². The predicted molar refractivity (Wildman–Crippen MR) is 85.0 cm³/mol. The zero-order valence-corrected chi connectivity index (χ0v) is 13.9. The van der Waals surface area contributed by atoms with Gasteiger partial charge in [0.25, 0.3) is 0 Å². The molecular formula is C17H33N3. The third-order valence-electron chi connectivity index (χ3n) is 6.15. The highest BCUT2D eigenvalue weighted by atomic mass is 15.3. The molecule has 3 aliphatic rings. The zero-order valence-electron chi connectivity index (χ0n) is 13.9. The largest absolute Gasteiger partial charge is 0.312 e. The number of rotatable bonds is 3. The second kappa shape index (κ2) is 5.58. The fraction of sp³-hybridized carbons (Fsp3) is 1.00. The van der Waals surface area contributed by atoms with Crippen molar-refractivity contribution >= 4 is 0 Å². The lowest BCUT2D eigenvalue weighted by Gasteiger charge is -2.47. The molecule has 4 unspecified atom stereocenters. The Balaban J connectivity index is 1.74. The summed E-state index contributed by atoms with van der Waals surface area (Å²) in [4.78, 5) is 5.60. The van der Waals surface area contributed by atoms with Gasteiger partial charge >= 0.3 is 0 Å². The van der Waals surface area contributed by atoms with E-state index in [4.69, 9.17) is 0 Å². The summed E-state index contributed by atoms with van der Waals surface area (Å²) in [7, 11) is 0. The van der Waals surface area contributed by atoms with Gasteiger partial charge in [-0.2, -0.15) is 0 Å². The van der Waals surface area contributed by atoms with Gasteiger partial charge in [-0.25, -0.2) is 0 Å². The molecule has 3 nitrogen and oxygen atoms in total. The topological polar surface area (TPSA) is 18.5 Å². The van der Waals surface area contributed by atoms with Crippen molar-refractivity contribution in [1.82, 2.24) is 15.1 Å². The smallest absolute Gasteiger partial charge is 0.0274 e. The number of hydrogen-bond acceptors (Lipinski definition) is 3. The van der Waals surface area contributed by atoms with Gasteiger partial charge in [0.05, 0.1) is 0 Å². The minimum Gasteiger partial charge on any atom is -0.312 e. The van der Waals surface area contributed by atoms with Crippen LogP contribution in [-0.4, -0.2) is 60.1 Å². The normalized spacial score (nSPS) is 42.0. The fourth-order valence-corrected chi connectivity index (χ4v) is 5.02. The molecule has 3 fully saturated rings. The molecule has 0 aromatic heterocycles. The molecule has 1 saturated carbocycles. The van der Waals surface area contributed by atoms with E-state index in [0.717, 1.165) is 24.7 Å². The van der Waals surface area contributed by atoms with Crippen molar-refractivity contribution < 1.29 is 0 Å². The molecule has 0 aromatic carbocycles. The minimum absolute atomic E-state index is 0.452. The quantitative estimate of drug-likeness (QED) is 0.855. The van der Waals surface area contributed by atoms with Crippen LogP contribution in [0, 0.1) is 5.41 Å². The summed E-state index contributed by atoms with van der Waals surface area (Å²) < 4.78 is 0. The molecular weight excluding hydrogens is 246 g/mol. The number of fused-ring (bicyclic) bond motifs is 1. The average molecular weight is 279 g/mol. The SMILES string of the molecule is CCNC1C(N2CC3CCCN3CC2C)CCC1(C)C. The van der Waals surface area contributed by atoms with E-state index in [1.165, 1.54) is 45.3 Å². The highest BCUT2D eigenvalue weighted by molar-refractivity contribution is 5.04. The Morgan fingerprint density at radius 2 is 2.00 bits per heavy atom. The highest BCUT2D eigenvalue weighted by Crippen LogP contribution is 2.41. The van der Waals surface area contributed by atoms with Crippen LogP contribution < -0.4 is 5.32 Å². The monoisotopic (exact) mass is 279 g/mol. The van der Waals surface area contributed by atoms with Gasteiger partial charge in [-0.3, -0.25) is 9.80 Å². The van der Waals surface area contributed by atoms with Crippen molar-refractivity contribution in [3.8, 4) is 0 Å². The maximum absolute atomic E-state index is 3.81. The Bertz CT molecular complexity index is 341. The zero-order chi connectivity index (χ0) is 14.3. The lowest BCUT2D eigenvalue weighted by atomic mass is 9.85. The van der Waals surface area contributed by atoms with Gasteiger partial charge in [0, 0.05) is 37.3 Å². The number of nitrogens with zero attached hydrogens (tertiary/aromatic N) is 2. The van der Waals surface area contributed by atoms with E-state index in [0.29, 0.717) is 11.5 Å². The molecule has 2 saturated heterocycles. The molecule has 3 heteroatoms. The van der Waals surface area contributed by atoms with Crippen LogP contribution in [0.3, 0.4) is 0 Å².